The average Bonchev–Trinajstić information content (AvgIpc) is 3.56. The molecule has 0 radical (unpaired) electrons. The third-order valence-corrected chi connectivity index (χ3v) is 8.98. The lowest BCUT2D eigenvalue weighted by Gasteiger charge is -2.40. The minimum absolute atomic E-state index is 0.155. The van der Waals surface area contributed by atoms with Crippen molar-refractivity contribution in [1.82, 2.24) is 9.80 Å². The summed E-state index contributed by atoms with van der Waals surface area (Å²) in [5.41, 5.74) is 0.636. The molecule has 41 heavy (non-hydrogen) atoms. The smallest absolute Gasteiger partial charge is 0.335 e. The van der Waals surface area contributed by atoms with Gasteiger partial charge in [-0.1, -0.05) is 54.1 Å². The van der Waals surface area contributed by atoms with Gasteiger partial charge in [-0.2, -0.15) is 0 Å². The molecule has 0 bridgehead atoms. The van der Waals surface area contributed by atoms with Gasteiger partial charge in [0, 0.05) is 47.0 Å². The summed E-state index contributed by atoms with van der Waals surface area (Å²) in [6, 6.07) is 11.1. The first-order chi connectivity index (χ1) is 19.6. The van der Waals surface area contributed by atoms with E-state index >= 15 is 4.39 Å². The van der Waals surface area contributed by atoms with Crippen molar-refractivity contribution < 1.29 is 23.9 Å². The van der Waals surface area contributed by atoms with Crippen LogP contribution in [-0.4, -0.2) is 51.8 Å². The normalized spacial score (nSPS) is 27.5. The van der Waals surface area contributed by atoms with Crippen molar-refractivity contribution in [3.05, 3.63) is 99.8 Å². The largest absolute Gasteiger partial charge is 0.478 e. The van der Waals surface area contributed by atoms with E-state index in [0.717, 1.165) is 18.4 Å². The maximum atomic E-state index is 16.5. The molecule has 6 rings (SSSR count). The molecule has 1 aliphatic carbocycles. The number of benzene rings is 2. The molecule has 2 aromatic carbocycles. The molecule has 4 aliphatic rings. The Morgan fingerprint density at radius 1 is 1.20 bits per heavy atom. The van der Waals surface area contributed by atoms with Gasteiger partial charge in [0.25, 0.3) is 0 Å². The molecule has 0 unspecified atom stereocenters. The molecular weight excluding hydrogens is 568 g/mol. The Morgan fingerprint density at radius 3 is 2.59 bits per heavy atom. The lowest BCUT2D eigenvalue weighted by Crippen LogP contribution is -2.55. The van der Waals surface area contributed by atoms with Gasteiger partial charge in [-0.05, 0) is 60.7 Å². The van der Waals surface area contributed by atoms with Gasteiger partial charge in [-0.15, -0.1) is 0 Å². The maximum absolute atomic E-state index is 16.5. The number of hydrogen-bond acceptors (Lipinski definition) is 4. The number of rotatable bonds is 8. The second kappa shape index (κ2) is 10.4. The van der Waals surface area contributed by atoms with Gasteiger partial charge in [-0.25, -0.2) is 9.18 Å². The molecule has 1 saturated carbocycles. The zero-order valence-corrected chi connectivity index (χ0v) is 23.5. The standard InChI is InChI=1S/C31H28Cl2FN3O4/c1-17(32)3-2-4-23(34)27-26-25(16-36(28(26)38)14-18-7-9-20(10-8-18)29(39)40)37(15-19-5-6-19)31(27)22-12-11-21(33)13-24(22)35-30(31)41/h2-4,7-13,19,25-27H,1,5-6,14-16H2,(H,35,41)(H,39,40)/b3-2-,23-4-/t25-,26+,27-,31+/m0/s1. The Kier molecular flexibility index (Phi) is 7.04. The van der Waals surface area contributed by atoms with Crippen LogP contribution in [0.2, 0.25) is 5.02 Å². The highest BCUT2D eigenvalue weighted by Crippen LogP contribution is 2.60. The number of aromatic carboxylic acids is 1. The average molecular weight is 596 g/mol. The van der Waals surface area contributed by atoms with E-state index in [2.05, 4.69) is 16.8 Å². The van der Waals surface area contributed by atoms with Gasteiger partial charge < -0.3 is 15.3 Å². The van der Waals surface area contributed by atoms with E-state index in [1.165, 1.54) is 30.4 Å². The highest BCUT2D eigenvalue weighted by Gasteiger charge is 2.71. The second-order valence-electron chi connectivity index (χ2n) is 11.2. The van der Waals surface area contributed by atoms with Gasteiger partial charge in [0.05, 0.1) is 17.4 Å². The number of anilines is 1. The predicted molar refractivity (Wildman–Crippen MR) is 154 cm³/mol. The van der Waals surface area contributed by atoms with Gasteiger partial charge in [0.2, 0.25) is 11.8 Å². The molecule has 212 valence electrons. The highest BCUT2D eigenvalue weighted by molar-refractivity contribution is 6.31. The number of amides is 2. The summed E-state index contributed by atoms with van der Waals surface area (Å²) in [7, 11) is 0. The lowest BCUT2D eigenvalue weighted by molar-refractivity contribution is -0.135. The molecule has 2 aromatic rings. The number of carboxylic acid groups (broad SMARTS) is 1. The second-order valence-corrected chi connectivity index (χ2v) is 12.1. The molecule has 10 heteroatoms. The van der Waals surface area contributed by atoms with E-state index < -0.39 is 35.2 Å². The van der Waals surface area contributed by atoms with Crippen LogP contribution in [0, 0.1) is 17.8 Å². The molecule has 3 aliphatic heterocycles. The van der Waals surface area contributed by atoms with Crippen LogP contribution in [0.5, 0.6) is 0 Å². The number of hydrogen-bond donors (Lipinski definition) is 2. The van der Waals surface area contributed by atoms with Crippen LogP contribution in [0.3, 0.4) is 0 Å². The van der Waals surface area contributed by atoms with Crippen LogP contribution in [0.4, 0.5) is 10.1 Å². The molecule has 2 saturated heterocycles. The summed E-state index contributed by atoms with van der Waals surface area (Å²) >= 11 is 12.1. The van der Waals surface area contributed by atoms with Gasteiger partial charge >= 0.3 is 5.97 Å². The molecule has 2 N–H and O–H groups in total. The van der Waals surface area contributed by atoms with E-state index in [-0.39, 0.29) is 29.0 Å². The molecule has 2 amide bonds. The number of likely N-dealkylation sites (tertiary alicyclic amines) is 2. The number of nitrogens with zero attached hydrogens (tertiary/aromatic N) is 2. The summed E-state index contributed by atoms with van der Waals surface area (Å²) in [6.45, 7) is 4.72. The summed E-state index contributed by atoms with van der Waals surface area (Å²) < 4.78 is 16.5. The predicted octanol–water partition coefficient (Wildman–Crippen LogP) is 5.72. The highest BCUT2D eigenvalue weighted by atomic mass is 35.5. The van der Waals surface area contributed by atoms with Crippen molar-refractivity contribution in [2.24, 2.45) is 17.8 Å². The molecular formula is C31H28Cl2FN3O4. The third-order valence-electron chi connectivity index (χ3n) is 8.62. The number of carbonyl (C=O) groups is 3. The van der Waals surface area contributed by atoms with Crippen molar-refractivity contribution in [3.63, 3.8) is 0 Å². The molecule has 1 spiro atoms. The summed E-state index contributed by atoms with van der Waals surface area (Å²) in [5.74, 6) is -3.78. The first-order valence-corrected chi connectivity index (χ1v) is 14.2. The van der Waals surface area contributed by atoms with Crippen LogP contribution in [-0.2, 0) is 21.7 Å². The molecule has 7 nitrogen and oxygen atoms in total. The van der Waals surface area contributed by atoms with Crippen molar-refractivity contribution in [2.45, 2.75) is 31.0 Å². The zero-order valence-electron chi connectivity index (χ0n) is 22.0. The third kappa shape index (κ3) is 4.68. The molecule has 3 fully saturated rings. The molecule has 3 heterocycles. The van der Waals surface area contributed by atoms with Gasteiger partial charge in [0.1, 0.15) is 11.4 Å². The summed E-state index contributed by atoms with van der Waals surface area (Å²) in [4.78, 5) is 43.2. The number of fused-ring (bicyclic) bond motifs is 3. The fourth-order valence-corrected chi connectivity index (χ4v) is 6.99. The SMILES string of the molecule is C=C(Cl)/C=C\C=C(/F)[C@H]1[C@@H]2C(=O)N(Cc3ccc(C(=O)O)cc3)C[C@@H]2N(CC2CC2)[C@@]12C(=O)Nc1cc(Cl)ccc12. The zero-order chi connectivity index (χ0) is 29.1. The van der Waals surface area contributed by atoms with Crippen molar-refractivity contribution in [1.29, 1.82) is 0 Å². The van der Waals surface area contributed by atoms with E-state index in [9.17, 15) is 19.5 Å². The Balaban J connectivity index is 1.44. The van der Waals surface area contributed by atoms with Gasteiger partial charge in [0.15, 0.2) is 0 Å². The minimum atomic E-state index is -1.42. The van der Waals surface area contributed by atoms with E-state index in [4.69, 9.17) is 23.2 Å². The van der Waals surface area contributed by atoms with E-state index in [0.29, 0.717) is 35.3 Å². The Morgan fingerprint density at radius 2 is 1.93 bits per heavy atom. The fraction of sp³-hybridized carbons (Fsp3) is 0.323. The Bertz CT molecular complexity index is 1520. The lowest BCUT2D eigenvalue weighted by atomic mass is 9.74. The van der Waals surface area contributed by atoms with Crippen LogP contribution < -0.4 is 5.32 Å². The molecule has 4 atom stereocenters. The van der Waals surface area contributed by atoms with Crippen LogP contribution in [0.25, 0.3) is 0 Å². The Labute approximate surface area is 246 Å². The maximum Gasteiger partial charge on any atom is 0.335 e. The number of nitrogens with one attached hydrogen (secondary N) is 1. The Hall–Kier alpha value is -3.46. The first kappa shape index (κ1) is 27.7. The van der Waals surface area contributed by atoms with Crippen molar-refractivity contribution in [2.75, 3.05) is 18.4 Å². The number of carbonyl (C=O) groups excluding carboxylic acids is 2. The van der Waals surface area contributed by atoms with E-state index in [1.54, 1.807) is 35.2 Å². The van der Waals surface area contributed by atoms with Crippen molar-refractivity contribution >= 4 is 46.7 Å². The van der Waals surface area contributed by atoms with Crippen LogP contribution >= 0.6 is 23.2 Å². The van der Waals surface area contributed by atoms with Crippen LogP contribution in [0.15, 0.2) is 78.1 Å². The quantitative estimate of drug-likeness (QED) is 0.381. The number of carboxylic acids is 1. The first-order valence-electron chi connectivity index (χ1n) is 13.5. The van der Waals surface area contributed by atoms with Crippen molar-refractivity contribution in [3.8, 4) is 0 Å². The number of allylic oxidation sites excluding steroid dienone is 4. The fourth-order valence-electron chi connectivity index (χ4n) is 6.74. The monoisotopic (exact) mass is 595 g/mol. The number of halogens is 3. The van der Waals surface area contributed by atoms with Gasteiger partial charge in [-0.3, -0.25) is 14.5 Å². The minimum Gasteiger partial charge on any atom is -0.478 e. The topological polar surface area (TPSA) is 90.0 Å². The summed E-state index contributed by atoms with van der Waals surface area (Å²) in [6.07, 6.45) is 6.17. The van der Waals surface area contributed by atoms with E-state index in [1.807, 2.05) is 0 Å². The molecule has 0 aromatic heterocycles. The summed E-state index contributed by atoms with van der Waals surface area (Å²) in [5, 5.41) is 12.8. The van der Waals surface area contributed by atoms with Crippen LogP contribution in [0.1, 0.15) is 34.3 Å².